The lowest BCUT2D eigenvalue weighted by Crippen LogP contribution is -2.44. The van der Waals surface area contributed by atoms with Crippen molar-refractivity contribution < 1.29 is 9.53 Å². The van der Waals surface area contributed by atoms with Gasteiger partial charge in [-0.05, 0) is 62.2 Å². The number of anilines is 1. The van der Waals surface area contributed by atoms with Crippen molar-refractivity contribution in [2.24, 2.45) is 0 Å². The summed E-state index contributed by atoms with van der Waals surface area (Å²) in [6.45, 7) is 13.3. The molecule has 2 aliphatic rings. The Morgan fingerprint density at radius 3 is 2.44 bits per heavy atom. The predicted octanol–water partition coefficient (Wildman–Crippen LogP) is 6.05. The van der Waals surface area contributed by atoms with E-state index in [2.05, 4.69) is 77.5 Å². The maximum atomic E-state index is 13.5. The molecule has 11 heteroatoms. The highest BCUT2D eigenvalue weighted by Gasteiger charge is 2.30. The molecule has 0 spiro atoms. The van der Waals surface area contributed by atoms with E-state index in [0.717, 1.165) is 90.9 Å². The van der Waals surface area contributed by atoms with Gasteiger partial charge in [-0.25, -0.2) is 9.48 Å². The molecule has 1 fully saturated rings. The first kappa shape index (κ1) is 31.8. The molecule has 250 valence electrons. The fourth-order valence-electron chi connectivity index (χ4n) is 6.52. The second-order valence-electron chi connectivity index (χ2n) is 14.2. The number of hydrogen-bond donors (Lipinski definition) is 2. The molecule has 2 unspecified atom stereocenters. The summed E-state index contributed by atoms with van der Waals surface area (Å²) in [5.41, 5.74) is 5.73. The van der Waals surface area contributed by atoms with E-state index in [9.17, 15) is 4.79 Å². The molecular weight excluding hydrogens is 602 g/mol. The number of carbonyl (C=O) groups excluding carboxylic acids is 1. The maximum Gasteiger partial charge on any atom is 0.320 e. The number of urea groups is 1. The van der Waals surface area contributed by atoms with E-state index in [-0.39, 0.29) is 23.6 Å². The normalized spacial score (nSPS) is 18.9. The number of ether oxygens (including phenoxy) is 1. The number of aromatic nitrogens is 5. The number of rotatable bonds is 7. The van der Waals surface area contributed by atoms with E-state index in [1.165, 1.54) is 0 Å². The zero-order valence-electron chi connectivity index (χ0n) is 28.5. The average molecular weight is 648 g/mol. The molecule has 0 bridgehead atoms. The highest BCUT2D eigenvalue weighted by atomic mass is 16.5. The Hall–Kier alpha value is -4.74. The third-order valence-electron chi connectivity index (χ3n) is 9.42. The molecule has 1 aliphatic carbocycles. The maximum absolute atomic E-state index is 13.5. The minimum Gasteiger partial charge on any atom is -0.484 e. The summed E-state index contributed by atoms with van der Waals surface area (Å²) in [4.78, 5) is 18.3. The number of benzene rings is 2. The number of nitrogens with zero attached hydrogens (tertiary/aromatic N) is 7. The number of piperazine rings is 1. The molecule has 48 heavy (non-hydrogen) atoms. The number of pyridine rings is 1. The smallest absolute Gasteiger partial charge is 0.320 e. The van der Waals surface area contributed by atoms with E-state index >= 15 is 0 Å². The molecular formula is C37H45N9O2. The first-order valence-electron chi connectivity index (χ1n) is 16.9. The fraction of sp³-hybridized carbons (Fsp3) is 0.405. The van der Waals surface area contributed by atoms with Crippen molar-refractivity contribution in [2.45, 2.75) is 64.6 Å². The first-order chi connectivity index (χ1) is 23.1. The van der Waals surface area contributed by atoms with Crippen LogP contribution in [0.1, 0.15) is 74.0 Å². The number of fused-ring (bicyclic) bond motifs is 2. The number of likely N-dealkylation sites (N-methyl/N-ethyl adjacent to an activating group) is 1. The van der Waals surface area contributed by atoms with Crippen LogP contribution in [-0.2, 0) is 12.0 Å². The van der Waals surface area contributed by atoms with Crippen LogP contribution in [0.15, 0.2) is 72.9 Å². The van der Waals surface area contributed by atoms with E-state index in [4.69, 9.17) is 9.84 Å². The number of hydrogen-bond acceptors (Lipinski definition) is 7. The minimum absolute atomic E-state index is 0.144. The van der Waals surface area contributed by atoms with Crippen LogP contribution in [0.2, 0.25) is 0 Å². The Bertz CT molecular complexity index is 1900. The Labute approximate surface area is 281 Å². The van der Waals surface area contributed by atoms with Gasteiger partial charge in [0, 0.05) is 37.7 Å². The monoisotopic (exact) mass is 647 g/mol. The van der Waals surface area contributed by atoms with Crippen molar-refractivity contribution in [3.63, 3.8) is 0 Å². The van der Waals surface area contributed by atoms with Gasteiger partial charge in [-0.15, -0.1) is 10.2 Å². The fourth-order valence-corrected chi connectivity index (χ4v) is 6.52. The molecule has 1 saturated heterocycles. The molecule has 2 amide bonds. The molecule has 2 atom stereocenters. The third kappa shape index (κ3) is 6.79. The molecule has 0 saturated carbocycles. The van der Waals surface area contributed by atoms with Crippen LogP contribution in [0.3, 0.4) is 0 Å². The number of nitrogens with one attached hydrogen (secondary N) is 2. The van der Waals surface area contributed by atoms with Crippen molar-refractivity contribution in [1.29, 1.82) is 0 Å². The van der Waals surface area contributed by atoms with Crippen molar-refractivity contribution in [3.8, 4) is 11.4 Å². The number of carbonyl (C=O) groups is 1. The summed E-state index contributed by atoms with van der Waals surface area (Å²) in [6.07, 6.45) is 3.36. The van der Waals surface area contributed by atoms with E-state index < -0.39 is 0 Å². The zero-order valence-corrected chi connectivity index (χ0v) is 28.5. The summed E-state index contributed by atoms with van der Waals surface area (Å²) in [5.74, 6) is 2.31. The van der Waals surface area contributed by atoms with Gasteiger partial charge in [-0.1, -0.05) is 62.7 Å². The SMILES string of the molecule is Cc1ccc(-n2nc(C(C)(C)C)cc2NC(=O)NC2CCC(Oc3ccc4nnc(CN5CCN(C)CC5)n4c3)c3ccccc32)cc1. The van der Waals surface area contributed by atoms with Gasteiger partial charge in [0.15, 0.2) is 11.5 Å². The second-order valence-corrected chi connectivity index (χ2v) is 14.2. The van der Waals surface area contributed by atoms with Crippen molar-refractivity contribution in [2.75, 3.05) is 38.5 Å². The zero-order chi connectivity index (χ0) is 33.4. The van der Waals surface area contributed by atoms with Crippen molar-refractivity contribution in [1.82, 2.24) is 39.5 Å². The lowest BCUT2D eigenvalue weighted by Gasteiger charge is -2.32. The molecule has 3 aromatic heterocycles. The van der Waals surface area contributed by atoms with E-state index in [1.807, 2.05) is 69.9 Å². The van der Waals surface area contributed by atoms with Crippen LogP contribution in [0.4, 0.5) is 10.6 Å². The lowest BCUT2D eigenvalue weighted by atomic mass is 9.85. The summed E-state index contributed by atoms with van der Waals surface area (Å²) >= 11 is 0. The molecule has 5 aromatic rings. The minimum atomic E-state index is -0.270. The van der Waals surface area contributed by atoms with Crippen LogP contribution in [0, 0.1) is 6.92 Å². The first-order valence-corrected chi connectivity index (χ1v) is 16.9. The van der Waals surface area contributed by atoms with E-state index in [1.54, 1.807) is 0 Å². The van der Waals surface area contributed by atoms with Crippen LogP contribution in [0.25, 0.3) is 11.3 Å². The van der Waals surface area contributed by atoms with Gasteiger partial charge in [-0.2, -0.15) is 5.10 Å². The van der Waals surface area contributed by atoms with Gasteiger partial charge in [0.1, 0.15) is 17.7 Å². The highest BCUT2D eigenvalue weighted by molar-refractivity contribution is 5.89. The van der Waals surface area contributed by atoms with E-state index in [0.29, 0.717) is 5.82 Å². The summed E-state index contributed by atoms with van der Waals surface area (Å²) in [5, 5.41) is 20.1. The van der Waals surface area contributed by atoms with Gasteiger partial charge >= 0.3 is 6.03 Å². The standard InChI is InChI=1S/C37H45N9O2/c1-25-10-12-26(13-11-25)46-34(22-32(42-46)37(2,3)4)39-36(47)38-30-15-16-31(29-9-7-6-8-28(29)30)48-27-14-17-33-40-41-35(45(33)23-27)24-44-20-18-43(5)19-21-44/h6-14,17,22-23,30-31H,15-16,18-21,24H2,1-5H3,(H2,38,39,47). The van der Waals surface area contributed by atoms with Crippen LogP contribution >= 0.6 is 0 Å². The van der Waals surface area contributed by atoms with Crippen LogP contribution in [-0.4, -0.2) is 73.4 Å². The quantitative estimate of drug-likeness (QED) is 0.222. The van der Waals surface area contributed by atoms with Gasteiger partial charge in [0.05, 0.1) is 30.2 Å². The van der Waals surface area contributed by atoms with Gasteiger partial charge in [0.2, 0.25) is 0 Å². The summed E-state index contributed by atoms with van der Waals surface area (Å²) in [6, 6.07) is 21.8. The molecule has 2 N–H and O–H groups in total. The summed E-state index contributed by atoms with van der Waals surface area (Å²) < 4.78 is 10.5. The Morgan fingerprint density at radius 2 is 1.69 bits per heavy atom. The largest absolute Gasteiger partial charge is 0.484 e. The van der Waals surface area contributed by atoms with Gasteiger partial charge < -0.3 is 15.0 Å². The number of amides is 2. The summed E-state index contributed by atoms with van der Waals surface area (Å²) in [7, 11) is 2.16. The Balaban J connectivity index is 1.06. The third-order valence-corrected chi connectivity index (χ3v) is 9.42. The number of aryl methyl sites for hydroxylation is 1. The average Bonchev–Trinajstić information content (AvgIpc) is 3.68. The van der Waals surface area contributed by atoms with Crippen LogP contribution < -0.4 is 15.4 Å². The molecule has 0 radical (unpaired) electrons. The Kier molecular flexibility index (Phi) is 8.65. The van der Waals surface area contributed by atoms with Crippen LogP contribution in [0.5, 0.6) is 5.75 Å². The highest BCUT2D eigenvalue weighted by Crippen LogP contribution is 2.39. The predicted molar refractivity (Wildman–Crippen MR) is 187 cm³/mol. The molecule has 7 rings (SSSR count). The topological polar surface area (TPSA) is 105 Å². The van der Waals surface area contributed by atoms with Crippen molar-refractivity contribution in [3.05, 3.63) is 101 Å². The van der Waals surface area contributed by atoms with Crippen molar-refractivity contribution >= 4 is 17.5 Å². The second kappa shape index (κ2) is 13.0. The van der Waals surface area contributed by atoms with Gasteiger partial charge in [-0.3, -0.25) is 14.6 Å². The lowest BCUT2D eigenvalue weighted by molar-refractivity contribution is 0.145. The molecule has 2 aromatic carbocycles. The molecule has 11 nitrogen and oxygen atoms in total. The molecule has 4 heterocycles. The molecule has 1 aliphatic heterocycles. The Morgan fingerprint density at radius 1 is 0.938 bits per heavy atom. The van der Waals surface area contributed by atoms with Gasteiger partial charge in [0.25, 0.3) is 0 Å².